The lowest BCUT2D eigenvalue weighted by molar-refractivity contribution is -0.128. The number of carbonyl (C=O) groups is 2. The molecule has 2 N–H and O–H groups in total. The summed E-state index contributed by atoms with van der Waals surface area (Å²) in [5.41, 5.74) is 0. The normalized spacial score (nSPS) is 19.8. The number of methoxy groups -OCH3 is 1. The van der Waals surface area contributed by atoms with Gasteiger partial charge in [-0.05, 0) is 0 Å². The molecule has 0 aromatic heterocycles. The van der Waals surface area contributed by atoms with Crippen LogP contribution in [0.15, 0.2) is 0 Å². The van der Waals surface area contributed by atoms with E-state index in [2.05, 4.69) is 10.6 Å². The van der Waals surface area contributed by atoms with Gasteiger partial charge in [0.25, 0.3) is 0 Å². The zero-order chi connectivity index (χ0) is 12.7. The maximum absolute atomic E-state index is 11.7. The third kappa shape index (κ3) is 4.70. The van der Waals surface area contributed by atoms with Gasteiger partial charge in [0.05, 0.1) is 12.5 Å². The lowest BCUT2D eigenvalue weighted by Gasteiger charge is -2.11. The van der Waals surface area contributed by atoms with Crippen molar-refractivity contribution in [3.05, 3.63) is 0 Å². The molecular weight excluding hydrogens is 222 g/mol. The van der Waals surface area contributed by atoms with E-state index >= 15 is 0 Å². The Morgan fingerprint density at radius 3 is 2.82 bits per heavy atom. The molecule has 1 heterocycles. The minimum absolute atomic E-state index is 0.0313. The molecule has 1 atom stereocenters. The van der Waals surface area contributed by atoms with Gasteiger partial charge in [0.15, 0.2) is 0 Å². The maximum atomic E-state index is 11.7. The first-order valence-corrected chi connectivity index (χ1v) is 5.86. The van der Waals surface area contributed by atoms with E-state index in [4.69, 9.17) is 4.74 Å². The molecule has 1 aliphatic heterocycles. The van der Waals surface area contributed by atoms with Crippen molar-refractivity contribution >= 4 is 11.8 Å². The Morgan fingerprint density at radius 1 is 1.47 bits per heavy atom. The summed E-state index contributed by atoms with van der Waals surface area (Å²) in [6.07, 6.45) is 0.333. The van der Waals surface area contributed by atoms with Gasteiger partial charge in [-0.15, -0.1) is 0 Å². The fourth-order valence-corrected chi connectivity index (χ4v) is 1.76. The number of carbonyl (C=O) groups excluding carboxylic acids is 2. The largest absolute Gasteiger partial charge is 0.383 e. The third-order valence-corrected chi connectivity index (χ3v) is 2.80. The van der Waals surface area contributed by atoms with Crippen LogP contribution in [0.2, 0.25) is 0 Å². The van der Waals surface area contributed by atoms with Crippen LogP contribution in [-0.2, 0) is 14.3 Å². The summed E-state index contributed by atoms with van der Waals surface area (Å²) in [6.45, 7) is 3.26. The summed E-state index contributed by atoms with van der Waals surface area (Å²) in [4.78, 5) is 24.5. The lowest BCUT2D eigenvalue weighted by Crippen LogP contribution is -2.37. The van der Waals surface area contributed by atoms with Gasteiger partial charge in [-0.25, -0.2) is 0 Å². The van der Waals surface area contributed by atoms with Crippen LogP contribution in [0.1, 0.15) is 6.42 Å². The molecule has 1 unspecified atom stereocenters. The average molecular weight is 243 g/mol. The first kappa shape index (κ1) is 13.9. The monoisotopic (exact) mass is 243 g/mol. The van der Waals surface area contributed by atoms with Crippen LogP contribution in [0, 0.1) is 5.92 Å². The molecule has 0 aliphatic carbocycles. The summed E-state index contributed by atoms with van der Waals surface area (Å²) in [6, 6.07) is 0. The van der Waals surface area contributed by atoms with E-state index in [-0.39, 0.29) is 17.7 Å². The van der Waals surface area contributed by atoms with Gasteiger partial charge in [0, 0.05) is 46.8 Å². The molecule has 1 rings (SSSR count). The van der Waals surface area contributed by atoms with Crippen molar-refractivity contribution in [1.82, 2.24) is 15.5 Å². The van der Waals surface area contributed by atoms with Crippen molar-refractivity contribution in [2.75, 3.05) is 46.9 Å². The van der Waals surface area contributed by atoms with Gasteiger partial charge < -0.3 is 20.3 Å². The maximum Gasteiger partial charge on any atom is 0.225 e. The molecule has 1 saturated heterocycles. The van der Waals surface area contributed by atoms with Crippen LogP contribution < -0.4 is 10.6 Å². The zero-order valence-corrected chi connectivity index (χ0v) is 10.5. The Hall–Kier alpha value is -1.14. The van der Waals surface area contributed by atoms with Crippen LogP contribution >= 0.6 is 0 Å². The highest BCUT2D eigenvalue weighted by atomic mass is 16.5. The molecule has 0 aromatic carbocycles. The average Bonchev–Trinajstić information content (AvgIpc) is 2.64. The van der Waals surface area contributed by atoms with E-state index in [1.807, 2.05) is 0 Å². The number of ether oxygens (including phenoxy) is 1. The third-order valence-electron chi connectivity index (χ3n) is 2.80. The first-order valence-electron chi connectivity index (χ1n) is 5.86. The second-order valence-electron chi connectivity index (χ2n) is 4.21. The van der Waals surface area contributed by atoms with E-state index in [9.17, 15) is 9.59 Å². The van der Waals surface area contributed by atoms with Crippen molar-refractivity contribution in [1.29, 1.82) is 0 Å². The van der Waals surface area contributed by atoms with Crippen molar-refractivity contribution < 1.29 is 14.3 Å². The SMILES string of the molecule is COCCNCCNC(=O)C1CC(=O)N(C)C1. The van der Waals surface area contributed by atoms with Crippen LogP contribution in [0.25, 0.3) is 0 Å². The first-order chi connectivity index (χ1) is 8.15. The Bertz CT molecular complexity index is 271. The highest BCUT2D eigenvalue weighted by Gasteiger charge is 2.31. The van der Waals surface area contributed by atoms with Crippen LogP contribution in [-0.4, -0.2) is 63.7 Å². The molecule has 0 bridgehead atoms. The lowest BCUT2D eigenvalue weighted by atomic mass is 10.1. The minimum Gasteiger partial charge on any atom is -0.383 e. The zero-order valence-electron chi connectivity index (χ0n) is 10.5. The Kier molecular flexibility index (Phi) is 5.93. The highest BCUT2D eigenvalue weighted by molar-refractivity contribution is 5.89. The molecule has 0 aromatic rings. The molecule has 6 heteroatoms. The standard InChI is InChI=1S/C11H21N3O3/c1-14-8-9(7-10(14)15)11(16)13-4-3-12-5-6-17-2/h9,12H,3-8H2,1-2H3,(H,13,16). The summed E-state index contributed by atoms with van der Waals surface area (Å²) >= 11 is 0. The van der Waals surface area contributed by atoms with Gasteiger partial charge in [-0.1, -0.05) is 0 Å². The molecule has 0 radical (unpaired) electrons. The number of amides is 2. The van der Waals surface area contributed by atoms with Crippen LogP contribution in [0.3, 0.4) is 0 Å². The van der Waals surface area contributed by atoms with Crippen LogP contribution in [0.4, 0.5) is 0 Å². The smallest absolute Gasteiger partial charge is 0.225 e. The quantitative estimate of drug-likeness (QED) is 0.552. The second kappa shape index (κ2) is 7.24. The summed E-state index contributed by atoms with van der Waals surface area (Å²) in [5, 5.41) is 5.95. The fraction of sp³-hybridized carbons (Fsp3) is 0.818. The summed E-state index contributed by atoms with van der Waals surface area (Å²) < 4.78 is 4.88. The van der Waals surface area contributed by atoms with Crippen molar-refractivity contribution in [3.63, 3.8) is 0 Å². The number of hydrogen-bond donors (Lipinski definition) is 2. The number of likely N-dealkylation sites (tertiary alicyclic amines) is 1. The van der Waals surface area contributed by atoms with Crippen molar-refractivity contribution in [2.24, 2.45) is 5.92 Å². The second-order valence-corrected chi connectivity index (χ2v) is 4.21. The summed E-state index contributed by atoms with van der Waals surface area (Å²) in [5.74, 6) is -0.175. The minimum atomic E-state index is -0.188. The molecule has 0 saturated carbocycles. The van der Waals surface area contributed by atoms with Crippen molar-refractivity contribution in [2.45, 2.75) is 6.42 Å². The number of rotatable bonds is 7. The predicted octanol–water partition coefficient (Wildman–Crippen LogP) is -1.18. The molecule has 98 valence electrons. The molecule has 2 amide bonds. The number of nitrogens with zero attached hydrogens (tertiary/aromatic N) is 1. The molecule has 1 fully saturated rings. The van der Waals surface area contributed by atoms with E-state index in [1.54, 1.807) is 19.1 Å². The van der Waals surface area contributed by atoms with Gasteiger partial charge in [-0.3, -0.25) is 9.59 Å². The molecule has 6 nitrogen and oxygen atoms in total. The highest BCUT2D eigenvalue weighted by Crippen LogP contribution is 2.15. The van der Waals surface area contributed by atoms with E-state index in [0.717, 1.165) is 6.54 Å². The van der Waals surface area contributed by atoms with Crippen molar-refractivity contribution in [3.8, 4) is 0 Å². The fourth-order valence-electron chi connectivity index (χ4n) is 1.76. The van der Waals surface area contributed by atoms with Crippen LogP contribution in [0.5, 0.6) is 0 Å². The van der Waals surface area contributed by atoms with Gasteiger partial charge in [-0.2, -0.15) is 0 Å². The van der Waals surface area contributed by atoms with Gasteiger partial charge >= 0.3 is 0 Å². The Morgan fingerprint density at radius 2 is 2.24 bits per heavy atom. The number of nitrogens with one attached hydrogen (secondary N) is 2. The van der Waals surface area contributed by atoms with Gasteiger partial charge in [0.1, 0.15) is 0 Å². The summed E-state index contributed by atoms with van der Waals surface area (Å²) in [7, 11) is 3.37. The Balaban J connectivity index is 2.07. The molecular formula is C11H21N3O3. The molecule has 17 heavy (non-hydrogen) atoms. The van der Waals surface area contributed by atoms with E-state index < -0.39 is 0 Å². The predicted molar refractivity (Wildman–Crippen MR) is 63.5 cm³/mol. The molecule has 0 spiro atoms. The molecule has 1 aliphatic rings. The van der Waals surface area contributed by atoms with E-state index in [0.29, 0.717) is 32.7 Å². The Labute approximate surface area is 102 Å². The van der Waals surface area contributed by atoms with E-state index in [1.165, 1.54) is 0 Å². The number of hydrogen-bond acceptors (Lipinski definition) is 4. The topological polar surface area (TPSA) is 70.7 Å². The van der Waals surface area contributed by atoms with Gasteiger partial charge in [0.2, 0.25) is 11.8 Å².